The first-order chi connectivity index (χ1) is 13.6. The van der Waals surface area contributed by atoms with Crippen LogP contribution >= 0.6 is 0 Å². The number of nitrogens with two attached hydrogens (primary N) is 1. The quantitative estimate of drug-likeness (QED) is 0.673. The molecule has 1 saturated carbocycles. The number of H-pyrrole nitrogens is 1. The van der Waals surface area contributed by atoms with Gasteiger partial charge in [-0.2, -0.15) is 14.9 Å². The minimum Gasteiger partial charge on any atom is -0.377 e. The van der Waals surface area contributed by atoms with E-state index in [4.69, 9.17) is 20.6 Å². The summed E-state index contributed by atoms with van der Waals surface area (Å²) in [4.78, 5) is 4.93. The molecular weight excluding hydrogens is 356 g/mol. The van der Waals surface area contributed by atoms with E-state index < -0.39 is 0 Å². The second-order valence-electron chi connectivity index (χ2n) is 7.51. The lowest BCUT2D eigenvalue weighted by Crippen LogP contribution is -2.42. The molecule has 150 valence electrons. The molecule has 9 heteroatoms. The number of aromatic amines is 1. The number of hydrogen-bond donors (Lipinski definition) is 2. The molecule has 3 aromatic heterocycles. The molecule has 0 amide bonds. The zero-order chi connectivity index (χ0) is 19.7. The van der Waals surface area contributed by atoms with Crippen LogP contribution < -0.4 is 5.73 Å². The van der Waals surface area contributed by atoms with Crippen molar-refractivity contribution in [2.45, 2.75) is 57.6 Å². The standard InChI is InChI=1S/C19H28N8O/c1-4-9-28-16-10-13(5-6-15(16)20)19-23-18(14-11-21-24-12(14)2)25-27(19)17-7-8-22-26(17)3/h7-8,11,13,15-16H,4-6,9-10,20H2,1-3H3,(H,21,24)/t13-,15-,16-/m0/s1. The average Bonchev–Trinajstić information content (AvgIpc) is 3.40. The van der Waals surface area contributed by atoms with Crippen LogP contribution in [0.1, 0.15) is 50.0 Å². The lowest BCUT2D eigenvalue weighted by atomic mass is 9.83. The summed E-state index contributed by atoms with van der Waals surface area (Å²) in [5.41, 5.74) is 8.18. The van der Waals surface area contributed by atoms with Crippen molar-refractivity contribution in [2.24, 2.45) is 12.8 Å². The minimum absolute atomic E-state index is 0.0505. The van der Waals surface area contributed by atoms with Crippen molar-refractivity contribution in [3.05, 3.63) is 30.0 Å². The average molecular weight is 384 g/mol. The highest BCUT2D eigenvalue weighted by molar-refractivity contribution is 5.56. The van der Waals surface area contributed by atoms with E-state index in [1.165, 1.54) is 0 Å². The maximum absolute atomic E-state index is 6.32. The van der Waals surface area contributed by atoms with Crippen molar-refractivity contribution in [1.82, 2.24) is 34.7 Å². The predicted molar refractivity (Wildman–Crippen MR) is 105 cm³/mol. The summed E-state index contributed by atoms with van der Waals surface area (Å²) in [6.07, 6.45) is 7.31. The van der Waals surface area contributed by atoms with E-state index in [1.54, 1.807) is 12.4 Å². The Hall–Kier alpha value is -2.52. The van der Waals surface area contributed by atoms with Gasteiger partial charge in [0.15, 0.2) is 11.6 Å². The van der Waals surface area contributed by atoms with Gasteiger partial charge in [0.2, 0.25) is 0 Å². The topological polar surface area (TPSA) is 112 Å². The van der Waals surface area contributed by atoms with E-state index in [0.717, 1.165) is 55.2 Å². The van der Waals surface area contributed by atoms with Crippen LogP contribution in [0.15, 0.2) is 18.5 Å². The molecule has 3 N–H and O–H groups in total. The number of ether oxygens (including phenoxy) is 1. The van der Waals surface area contributed by atoms with Gasteiger partial charge >= 0.3 is 0 Å². The highest BCUT2D eigenvalue weighted by atomic mass is 16.5. The molecule has 0 bridgehead atoms. The molecule has 3 heterocycles. The van der Waals surface area contributed by atoms with Crippen molar-refractivity contribution < 1.29 is 4.74 Å². The SMILES string of the molecule is CCCO[C@H]1C[C@@H](c2nc(-c3cn[nH]c3C)nn2-c2ccnn2C)CC[C@@H]1N. The molecule has 0 radical (unpaired) electrons. The molecule has 3 aromatic rings. The maximum atomic E-state index is 6.32. The van der Waals surface area contributed by atoms with E-state index in [1.807, 2.05) is 29.4 Å². The van der Waals surface area contributed by atoms with Gasteiger partial charge in [0, 0.05) is 37.4 Å². The fraction of sp³-hybridized carbons (Fsp3) is 0.579. The first-order valence-electron chi connectivity index (χ1n) is 9.91. The molecule has 9 nitrogen and oxygen atoms in total. The molecule has 4 rings (SSSR count). The number of aryl methyl sites for hydroxylation is 2. The van der Waals surface area contributed by atoms with Crippen molar-refractivity contribution in [3.63, 3.8) is 0 Å². The Bertz CT molecular complexity index is 926. The third-order valence-corrected chi connectivity index (χ3v) is 5.46. The molecule has 3 atom stereocenters. The second kappa shape index (κ2) is 7.84. The molecule has 0 unspecified atom stereocenters. The molecule has 0 saturated heterocycles. The van der Waals surface area contributed by atoms with Gasteiger partial charge in [-0.1, -0.05) is 6.92 Å². The first-order valence-corrected chi connectivity index (χ1v) is 9.91. The summed E-state index contributed by atoms with van der Waals surface area (Å²) < 4.78 is 9.75. The summed E-state index contributed by atoms with van der Waals surface area (Å²) in [5, 5.41) is 16.2. The highest BCUT2D eigenvalue weighted by Crippen LogP contribution is 2.35. The van der Waals surface area contributed by atoms with E-state index in [0.29, 0.717) is 5.82 Å². The van der Waals surface area contributed by atoms with Crippen LogP contribution in [0.4, 0.5) is 0 Å². The molecule has 0 spiro atoms. The largest absolute Gasteiger partial charge is 0.377 e. The Morgan fingerprint density at radius 1 is 1.36 bits per heavy atom. The normalized spacial score (nSPS) is 22.6. The van der Waals surface area contributed by atoms with Crippen LogP contribution in [0.25, 0.3) is 17.2 Å². The fourth-order valence-electron chi connectivity index (χ4n) is 3.87. The summed E-state index contributed by atoms with van der Waals surface area (Å²) in [6, 6.07) is 2.02. The first kappa shape index (κ1) is 18.8. The highest BCUT2D eigenvalue weighted by Gasteiger charge is 2.33. The van der Waals surface area contributed by atoms with Gasteiger partial charge in [-0.3, -0.25) is 9.78 Å². The molecule has 1 aliphatic carbocycles. The summed E-state index contributed by atoms with van der Waals surface area (Å²) in [6.45, 7) is 4.82. The summed E-state index contributed by atoms with van der Waals surface area (Å²) in [7, 11) is 1.91. The molecule has 0 aliphatic heterocycles. The van der Waals surface area contributed by atoms with Gasteiger partial charge in [-0.05, 0) is 32.6 Å². The lowest BCUT2D eigenvalue weighted by molar-refractivity contribution is 0.00882. The van der Waals surface area contributed by atoms with Gasteiger partial charge in [0.1, 0.15) is 5.82 Å². The van der Waals surface area contributed by atoms with Crippen molar-refractivity contribution in [2.75, 3.05) is 6.61 Å². The van der Waals surface area contributed by atoms with E-state index in [9.17, 15) is 0 Å². The smallest absolute Gasteiger partial charge is 0.185 e. The monoisotopic (exact) mass is 384 g/mol. The Morgan fingerprint density at radius 2 is 2.21 bits per heavy atom. The lowest BCUT2D eigenvalue weighted by Gasteiger charge is -2.33. The van der Waals surface area contributed by atoms with Crippen LogP contribution in [0.5, 0.6) is 0 Å². The molecule has 28 heavy (non-hydrogen) atoms. The molecule has 1 aliphatic rings. The predicted octanol–water partition coefficient (Wildman–Crippen LogP) is 2.09. The third-order valence-electron chi connectivity index (χ3n) is 5.46. The number of hydrogen-bond acceptors (Lipinski definition) is 6. The Morgan fingerprint density at radius 3 is 2.89 bits per heavy atom. The second-order valence-corrected chi connectivity index (χ2v) is 7.51. The van der Waals surface area contributed by atoms with Crippen LogP contribution in [-0.4, -0.2) is 53.5 Å². The zero-order valence-corrected chi connectivity index (χ0v) is 16.7. The van der Waals surface area contributed by atoms with Gasteiger partial charge < -0.3 is 10.5 Å². The van der Waals surface area contributed by atoms with Crippen LogP contribution in [0.3, 0.4) is 0 Å². The van der Waals surface area contributed by atoms with Gasteiger partial charge in [-0.15, -0.1) is 5.10 Å². The maximum Gasteiger partial charge on any atom is 0.185 e. The zero-order valence-electron chi connectivity index (χ0n) is 16.7. The summed E-state index contributed by atoms with van der Waals surface area (Å²) in [5.74, 6) is 2.71. The molecule has 0 aromatic carbocycles. The van der Waals surface area contributed by atoms with E-state index in [2.05, 4.69) is 22.2 Å². The molecule has 1 fully saturated rings. The Kier molecular flexibility index (Phi) is 5.27. The van der Waals surface area contributed by atoms with Crippen LogP contribution in [-0.2, 0) is 11.8 Å². The fourth-order valence-corrected chi connectivity index (χ4v) is 3.87. The van der Waals surface area contributed by atoms with Crippen LogP contribution in [0, 0.1) is 6.92 Å². The van der Waals surface area contributed by atoms with Gasteiger partial charge in [-0.25, -0.2) is 4.98 Å². The van der Waals surface area contributed by atoms with Gasteiger partial charge in [0.25, 0.3) is 0 Å². The number of nitrogens with zero attached hydrogens (tertiary/aromatic N) is 6. The van der Waals surface area contributed by atoms with Crippen molar-refractivity contribution >= 4 is 0 Å². The van der Waals surface area contributed by atoms with Gasteiger partial charge in [0.05, 0.1) is 24.1 Å². The van der Waals surface area contributed by atoms with Crippen molar-refractivity contribution in [3.8, 4) is 17.2 Å². The van der Waals surface area contributed by atoms with E-state index >= 15 is 0 Å². The van der Waals surface area contributed by atoms with Crippen LogP contribution in [0.2, 0.25) is 0 Å². The Balaban J connectivity index is 1.72. The van der Waals surface area contributed by atoms with Crippen molar-refractivity contribution in [1.29, 1.82) is 0 Å². The molecular formula is C19H28N8O. The number of nitrogens with one attached hydrogen (secondary N) is 1. The Labute approximate surface area is 164 Å². The van der Waals surface area contributed by atoms with E-state index in [-0.39, 0.29) is 18.1 Å². The number of aromatic nitrogens is 7. The third kappa shape index (κ3) is 3.47. The summed E-state index contributed by atoms with van der Waals surface area (Å²) >= 11 is 0. The number of rotatable bonds is 6. The minimum atomic E-state index is 0.0505.